The predicted molar refractivity (Wildman–Crippen MR) is 127 cm³/mol. The smallest absolute Gasteiger partial charge is 0.282 e. The maximum absolute atomic E-state index is 15.4. The van der Waals surface area contributed by atoms with E-state index < -0.39 is 30.7 Å². The summed E-state index contributed by atoms with van der Waals surface area (Å²) in [6.45, 7) is -1.29. The van der Waals surface area contributed by atoms with Gasteiger partial charge >= 0.3 is 0 Å². The van der Waals surface area contributed by atoms with Crippen LogP contribution in [0, 0.1) is 5.82 Å². The Kier molecular flexibility index (Phi) is 4.99. The molecule has 2 aromatic carbocycles. The zero-order valence-corrected chi connectivity index (χ0v) is 18.6. The number of benzene rings is 2. The molecule has 1 aliphatic rings. The number of alkyl halides is 2. The highest BCUT2D eigenvalue weighted by Gasteiger charge is 2.46. The van der Waals surface area contributed by atoms with Crippen LogP contribution < -0.4 is 5.32 Å². The van der Waals surface area contributed by atoms with E-state index in [-0.39, 0.29) is 22.6 Å². The van der Waals surface area contributed by atoms with E-state index in [1.165, 1.54) is 18.3 Å². The Morgan fingerprint density at radius 3 is 2.58 bits per heavy atom. The lowest BCUT2D eigenvalue weighted by atomic mass is 10.1. The molecule has 0 atom stereocenters. The monoisotopic (exact) mass is 489 g/mol. The van der Waals surface area contributed by atoms with Crippen LogP contribution in [0.1, 0.15) is 10.5 Å². The number of anilines is 2. The molecule has 1 fully saturated rings. The van der Waals surface area contributed by atoms with Crippen molar-refractivity contribution in [2.24, 2.45) is 0 Å². The van der Waals surface area contributed by atoms with Gasteiger partial charge in [0.2, 0.25) is 0 Å². The van der Waals surface area contributed by atoms with Crippen LogP contribution in [0.3, 0.4) is 0 Å². The lowest BCUT2D eigenvalue weighted by molar-refractivity contribution is -0.113. The molecule has 3 N–H and O–H groups in total. The number of nitrogens with one attached hydrogen (secondary N) is 3. The first-order chi connectivity index (χ1) is 17.4. The molecular formula is C25H18F3N7O. The molecule has 0 saturated carbocycles. The van der Waals surface area contributed by atoms with E-state index in [4.69, 9.17) is 0 Å². The fourth-order valence-electron chi connectivity index (χ4n) is 4.14. The average Bonchev–Trinajstić information content (AvgIpc) is 3.54. The molecule has 8 nitrogen and oxygen atoms in total. The van der Waals surface area contributed by atoms with Gasteiger partial charge in [0.25, 0.3) is 11.8 Å². The lowest BCUT2D eigenvalue weighted by Crippen LogP contribution is -2.58. The Balaban J connectivity index is 1.24. The third kappa shape index (κ3) is 3.94. The number of hydrogen-bond donors (Lipinski definition) is 3. The van der Waals surface area contributed by atoms with Crippen LogP contribution in [0.15, 0.2) is 67.1 Å². The van der Waals surface area contributed by atoms with E-state index in [9.17, 15) is 13.6 Å². The highest BCUT2D eigenvalue weighted by molar-refractivity contribution is 5.99. The number of aromatic nitrogens is 5. The molecular weight excluding hydrogens is 471 g/mol. The maximum atomic E-state index is 15.4. The molecule has 1 aliphatic heterocycles. The fraction of sp³-hybridized carbons (Fsp3) is 0.120. The predicted octanol–water partition coefficient (Wildman–Crippen LogP) is 4.99. The van der Waals surface area contributed by atoms with Crippen LogP contribution in [-0.4, -0.2) is 55.0 Å². The molecule has 11 heteroatoms. The van der Waals surface area contributed by atoms with Gasteiger partial charge in [-0.25, -0.2) is 23.1 Å². The number of nitrogens with zero attached hydrogens (tertiary/aromatic N) is 4. The van der Waals surface area contributed by atoms with Crippen LogP contribution in [0.2, 0.25) is 0 Å². The highest BCUT2D eigenvalue weighted by atomic mass is 19.3. The third-order valence-electron chi connectivity index (χ3n) is 5.98. The molecule has 0 aliphatic carbocycles. The molecule has 1 saturated heterocycles. The van der Waals surface area contributed by atoms with E-state index in [1.807, 2.05) is 24.3 Å². The highest BCUT2D eigenvalue weighted by Crippen LogP contribution is 2.31. The molecule has 1 amide bonds. The molecule has 6 rings (SSSR count). The first kappa shape index (κ1) is 21.8. The number of carbonyl (C=O) groups is 1. The summed E-state index contributed by atoms with van der Waals surface area (Å²) in [6, 6.07) is 13.9. The van der Waals surface area contributed by atoms with Gasteiger partial charge in [-0.2, -0.15) is 5.10 Å². The van der Waals surface area contributed by atoms with Crippen LogP contribution in [0.4, 0.5) is 24.7 Å². The summed E-state index contributed by atoms with van der Waals surface area (Å²) in [7, 11) is 0. The molecule has 0 unspecified atom stereocenters. The van der Waals surface area contributed by atoms with Crippen molar-refractivity contribution in [2.75, 3.05) is 18.4 Å². The molecule has 3 aromatic heterocycles. The van der Waals surface area contributed by atoms with Crippen molar-refractivity contribution in [3.8, 4) is 22.5 Å². The fourth-order valence-corrected chi connectivity index (χ4v) is 4.14. The van der Waals surface area contributed by atoms with Gasteiger partial charge in [-0.1, -0.05) is 18.2 Å². The summed E-state index contributed by atoms with van der Waals surface area (Å²) < 4.78 is 41.7. The second-order valence-electron chi connectivity index (χ2n) is 8.55. The minimum absolute atomic E-state index is 0.0479. The van der Waals surface area contributed by atoms with Gasteiger partial charge in [0.1, 0.15) is 11.5 Å². The van der Waals surface area contributed by atoms with Crippen molar-refractivity contribution in [1.29, 1.82) is 0 Å². The van der Waals surface area contributed by atoms with Gasteiger partial charge in [0, 0.05) is 29.0 Å². The van der Waals surface area contributed by atoms with Gasteiger partial charge < -0.3 is 15.2 Å². The number of H-pyrrole nitrogens is 2. The topological polar surface area (TPSA) is 103 Å². The SMILES string of the molecule is O=C(c1cc2ccc(-c3nccc(Nc4ccc(-c5cn[nH]c5)cc4)n3)c(F)c2[nH]1)N1CC(F)(F)C1. The van der Waals surface area contributed by atoms with E-state index in [0.717, 1.165) is 21.7 Å². The second-order valence-corrected chi connectivity index (χ2v) is 8.55. The van der Waals surface area contributed by atoms with Gasteiger partial charge in [-0.05, 0) is 35.9 Å². The van der Waals surface area contributed by atoms with Gasteiger partial charge in [-0.15, -0.1) is 0 Å². The quantitative estimate of drug-likeness (QED) is 0.323. The standard InChI is InChI=1S/C25H18F3N7O/c26-21-18(6-3-15-9-19(33-22(15)21)24(36)35-12-25(27,28)13-35)23-29-8-7-20(34-23)32-17-4-1-14(2-5-17)16-10-30-31-11-16/h1-11,33H,12-13H2,(H,30,31)(H,29,32,34). The number of aromatic amines is 2. The van der Waals surface area contributed by atoms with Crippen molar-refractivity contribution in [2.45, 2.75) is 5.92 Å². The third-order valence-corrected chi connectivity index (χ3v) is 5.98. The van der Waals surface area contributed by atoms with Gasteiger partial charge in [0.05, 0.1) is 30.4 Å². The van der Waals surface area contributed by atoms with E-state index in [2.05, 4.69) is 30.5 Å². The summed E-state index contributed by atoms with van der Waals surface area (Å²) in [6.07, 6.45) is 5.05. The van der Waals surface area contributed by atoms with Gasteiger partial charge in [0.15, 0.2) is 11.6 Å². The number of carbonyl (C=O) groups excluding carboxylic acids is 1. The zero-order chi connectivity index (χ0) is 24.9. The van der Waals surface area contributed by atoms with E-state index in [1.54, 1.807) is 24.5 Å². The summed E-state index contributed by atoms with van der Waals surface area (Å²) in [5.74, 6) is -3.49. The molecule has 180 valence electrons. The van der Waals surface area contributed by atoms with Crippen molar-refractivity contribution >= 4 is 28.3 Å². The van der Waals surface area contributed by atoms with Crippen molar-refractivity contribution in [3.05, 3.63) is 78.6 Å². The molecule has 0 spiro atoms. The molecule has 0 bridgehead atoms. The number of amides is 1. The Hall–Kier alpha value is -4.67. The second kappa shape index (κ2) is 8.22. The average molecular weight is 489 g/mol. The number of fused-ring (bicyclic) bond motifs is 1. The summed E-state index contributed by atoms with van der Waals surface area (Å²) in [4.78, 5) is 24.8. The number of halogens is 3. The van der Waals surface area contributed by atoms with Crippen LogP contribution in [-0.2, 0) is 0 Å². The van der Waals surface area contributed by atoms with Crippen LogP contribution >= 0.6 is 0 Å². The molecule has 0 radical (unpaired) electrons. The summed E-state index contributed by atoms with van der Waals surface area (Å²) >= 11 is 0. The first-order valence-electron chi connectivity index (χ1n) is 11.0. The van der Waals surface area contributed by atoms with Crippen molar-refractivity contribution in [1.82, 2.24) is 30.0 Å². The zero-order valence-electron chi connectivity index (χ0n) is 18.6. The van der Waals surface area contributed by atoms with Crippen LogP contribution in [0.5, 0.6) is 0 Å². The largest absolute Gasteiger partial charge is 0.348 e. The summed E-state index contributed by atoms with van der Waals surface area (Å²) in [5, 5.41) is 10.3. The van der Waals surface area contributed by atoms with Crippen molar-refractivity contribution in [3.63, 3.8) is 0 Å². The first-order valence-corrected chi connectivity index (χ1v) is 11.0. The Morgan fingerprint density at radius 1 is 1.06 bits per heavy atom. The van der Waals surface area contributed by atoms with Crippen molar-refractivity contribution < 1.29 is 18.0 Å². The number of rotatable bonds is 5. The molecule has 36 heavy (non-hydrogen) atoms. The minimum Gasteiger partial charge on any atom is -0.348 e. The molecule has 5 aromatic rings. The Bertz CT molecular complexity index is 1570. The Morgan fingerprint density at radius 2 is 1.86 bits per heavy atom. The number of likely N-dealkylation sites (tertiary alicyclic amines) is 1. The van der Waals surface area contributed by atoms with Gasteiger partial charge in [-0.3, -0.25) is 9.89 Å². The van der Waals surface area contributed by atoms with E-state index >= 15 is 4.39 Å². The minimum atomic E-state index is -2.88. The lowest BCUT2D eigenvalue weighted by Gasteiger charge is -2.38. The van der Waals surface area contributed by atoms with E-state index in [0.29, 0.717) is 11.2 Å². The summed E-state index contributed by atoms with van der Waals surface area (Å²) in [5.41, 5.74) is 3.02. The Labute approximate surface area is 202 Å². The number of hydrogen-bond acceptors (Lipinski definition) is 5. The van der Waals surface area contributed by atoms with Crippen LogP contribution in [0.25, 0.3) is 33.4 Å². The maximum Gasteiger partial charge on any atom is 0.282 e. The molecule has 4 heterocycles. The normalized spacial score (nSPS) is 14.6.